The summed E-state index contributed by atoms with van der Waals surface area (Å²) in [5, 5.41) is 0. The minimum atomic E-state index is -0.0743. The molecule has 0 N–H and O–H groups in total. The van der Waals surface area contributed by atoms with E-state index in [0.717, 1.165) is 6.61 Å². The third-order valence-corrected chi connectivity index (χ3v) is 1.01. The van der Waals surface area contributed by atoms with Crippen molar-refractivity contribution in [3.8, 4) is 0 Å². The van der Waals surface area contributed by atoms with Crippen LogP contribution in [0.2, 0.25) is 0 Å². The molecule has 0 atom stereocenters. The van der Waals surface area contributed by atoms with Crippen LogP contribution in [0.5, 0.6) is 0 Å². The molecule has 0 aromatic rings. The Morgan fingerprint density at radius 1 is 1.33 bits per heavy atom. The second kappa shape index (κ2) is 5.92. The maximum Gasteiger partial charge on any atom is 0.0898 e. The zero-order valence-electron chi connectivity index (χ0n) is 8.42. The summed E-state index contributed by atoms with van der Waals surface area (Å²) in [5.74, 6) is 0. The van der Waals surface area contributed by atoms with Gasteiger partial charge in [0.05, 0.1) is 24.7 Å². The summed E-state index contributed by atoms with van der Waals surface area (Å²) in [4.78, 5) is 8.03. The van der Waals surface area contributed by atoms with Crippen LogP contribution < -0.4 is 0 Å². The van der Waals surface area contributed by atoms with Crippen LogP contribution in [0.25, 0.3) is 0 Å². The van der Waals surface area contributed by atoms with Crippen molar-refractivity contribution in [1.82, 2.24) is 0 Å². The van der Waals surface area contributed by atoms with Gasteiger partial charge >= 0.3 is 0 Å². The van der Waals surface area contributed by atoms with Gasteiger partial charge in [-0.25, -0.2) is 9.98 Å². The van der Waals surface area contributed by atoms with Crippen molar-refractivity contribution in [1.29, 1.82) is 0 Å². The van der Waals surface area contributed by atoms with Crippen molar-refractivity contribution in [2.75, 3.05) is 19.8 Å². The van der Waals surface area contributed by atoms with E-state index in [2.05, 4.69) is 16.0 Å². The highest BCUT2D eigenvalue weighted by molar-refractivity contribution is 5.42. The molecule has 0 radical (unpaired) electrons. The summed E-state index contributed by atoms with van der Waals surface area (Å²) in [7, 11) is 0. The first kappa shape index (κ1) is 11.3. The zero-order chi connectivity index (χ0) is 9.45. The molecule has 0 aliphatic heterocycles. The Kier molecular flexibility index (Phi) is 5.60. The molecule has 3 heteroatoms. The average molecular weight is 170 g/mol. The predicted molar refractivity (Wildman–Crippen MR) is 51.0 cm³/mol. The highest BCUT2D eigenvalue weighted by Crippen LogP contribution is 2.03. The lowest BCUT2D eigenvalue weighted by molar-refractivity contribution is 0.156. The van der Waals surface area contributed by atoms with Crippen molar-refractivity contribution in [2.24, 2.45) is 9.98 Å². The van der Waals surface area contributed by atoms with E-state index in [0.29, 0.717) is 13.2 Å². The van der Waals surface area contributed by atoms with Crippen LogP contribution in [0, 0.1) is 0 Å². The van der Waals surface area contributed by atoms with E-state index in [9.17, 15) is 0 Å². The Bertz CT molecular complexity index is 164. The molecule has 0 heterocycles. The molecule has 0 unspecified atom stereocenters. The molecule has 0 amide bonds. The molecular weight excluding hydrogens is 152 g/mol. The van der Waals surface area contributed by atoms with Gasteiger partial charge in [0.1, 0.15) is 0 Å². The standard InChI is InChI=1S/C9H18N2O/c1-5-12-7-6-10-8-11-9(2,3)4/h5-7H2,1-4H3. The fourth-order valence-electron chi connectivity index (χ4n) is 0.490. The first-order valence-electron chi connectivity index (χ1n) is 4.27. The molecule has 0 bridgehead atoms. The second-order valence-corrected chi connectivity index (χ2v) is 3.46. The predicted octanol–water partition coefficient (Wildman–Crippen LogP) is 2.00. The summed E-state index contributed by atoms with van der Waals surface area (Å²) in [5.41, 5.74) is -0.0743. The molecule has 0 aliphatic rings. The average Bonchev–Trinajstić information content (AvgIpc) is 1.94. The number of nitrogens with zero attached hydrogens (tertiary/aromatic N) is 2. The van der Waals surface area contributed by atoms with Gasteiger partial charge in [-0.15, -0.1) is 0 Å². The summed E-state index contributed by atoms with van der Waals surface area (Å²) >= 11 is 0. The normalized spacial score (nSPS) is 10.7. The third kappa shape index (κ3) is 9.34. The van der Waals surface area contributed by atoms with E-state index in [4.69, 9.17) is 4.74 Å². The molecule has 0 rings (SSSR count). The van der Waals surface area contributed by atoms with E-state index in [1.165, 1.54) is 0 Å². The molecule has 3 nitrogen and oxygen atoms in total. The minimum Gasteiger partial charge on any atom is -0.380 e. The molecular formula is C9H18N2O. The maximum atomic E-state index is 5.09. The van der Waals surface area contributed by atoms with E-state index in [-0.39, 0.29) is 5.54 Å². The zero-order valence-corrected chi connectivity index (χ0v) is 8.42. The smallest absolute Gasteiger partial charge is 0.0898 e. The number of aliphatic imine (C=N–C) groups is 2. The quantitative estimate of drug-likeness (QED) is 0.469. The Balaban J connectivity index is 3.55. The van der Waals surface area contributed by atoms with Crippen LogP contribution in [-0.4, -0.2) is 31.3 Å². The van der Waals surface area contributed by atoms with Crippen molar-refractivity contribution < 1.29 is 4.74 Å². The SMILES string of the molecule is CCOCCN=C=NC(C)(C)C. The molecule has 0 spiro atoms. The lowest BCUT2D eigenvalue weighted by Crippen LogP contribution is -2.08. The van der Waals surface area contributed by atoms with Crippen LogP contribution in [0.1, 0.15) is 27.7 Å². The maximum absolute atomic E-state index is 5.09. The molecule has 0 saturated heterocycles. The molecule has 0 aromatic carbocycles. The number of ether oxygens (including phenoxy) is 1. The van der Waals surface area contributed by atoms with Gasteiger partial charge in [-0.05, 0) is 27.7 Å². The molecule has 0 aliphatic carbocycles. The van der Waals surface area contributed by atoms with Gasteiger partial charge in [0, 0.05) is 6.61 Å². The Hall–Kier alpha value is -0.660. The monoisotopic (exact) mass is 170 g/mol. The van der Waals surface area contributed by atoms with Gasteiger partial charge in [0.25, 0.3) is 0 Å². The molecule has 0 aromatic heterocycles. The van der Waals surface area contributed by atoms with E-state index >= 15 is 0 Å². The highest BCUT2D eigenvalue weighted by Gasteiger charge is 2.03. The largest absolute Gasteiger partial charge is 0.380 e. The van der Waals surface area contributed by atoms with Gasteiger partial charge in [-0.3, -0.25) is 0 Å². The molecule has 70 valence electrons. The van der Waals surface area contributed by atoms with Crippen LogP contribution >= 0.6 is 0 Å². The Morgan fingerprint density at radius 2 is 2.00 bits per heavy atom. The number of hydrogen-bond acceptors (Lipinski definition) is 3. The van der Waals surface area contributed by atoms with E-state index in [1.54, 1.807) is 0 Å². The van der Waals surface area contributed by atoms with Crippen molar-refractivity contribution in [2.45, 2.75) is 33.2 Å². The Labute approximate surface area is 74.6 Å². The molecule has 12 heavy (non-hydrogen) atoms. The third-order valence-electron chi connectivity index (χ3n) is 1.01. The summed E-state index contributed by atoms with van der Waals surface area (Å²) in [6.45, 7) is 10.0. The van der Waals surface area contributed by atoms with Crippen LogP contribution in [0.3, 0.4) is 0 Å². The van der Waals surface area contributed by atoms with Gasteiger partial charge in [0.2, 0.25) is 0 Å². The van der Waals surface area contributed by atoms with Crippen LogP contribution in [0.4, 0.5) is 0 Å². The molecule has 0 fully saturated rings. The van der Waals surface area contributed by atoms with Crippen molar-refractivity contribution in [3.05, 3.63) is 0 Å². The minimum absolute atomic E-state index is 0.0743. The van der Waals surface area contributed by atoms with Crippen molar-refractivity contribution >= 4 is 6.01 Å². The lowest BCUT2D eigenvalue weighted by atomic mass is 10.1. The summed E-state index contributed by atoms with van der Waals surface area (Å²) in [6, 6.07) is 2.65. The van der Waals surface area contributed by atoms with Crippen molar-refractivity contribution in [3.63, 3.8) is 0 Å². The van der Waals surface area contributed by atoms with Gasteiger partial charge < -0.3 is 4.74 Å². The number of rotatable bonds is 4. The van der Waals surface area contributed by atoms with Crippen LogP contribution in [0.15, 0.2) is 9.98 Å². The van der Waals surface area contributed by atoms with Gasteiger partial charge in [0.15, 0.2) is 0 Å². The first-order valence-corrected chi connectivity index (χ1v) is 4.27. The highest BCUT2D eigenvalue weighted by atomic mass is 16.5. The molecule has 0 saturated carbocycles. The summed E-state index contributed by atoms with van der Waals surface area (Å²) < 4.78 is 5.09. The second-order valence-electron chi connectivity index (χ2n) is 3.46. The van der Waals surface area contributed by atoms with E-state index < -0.39 is 0 Å². The fraction of sp³-hybridized carbons (Fsp3) is 0.889. The van der Waals surface area contributed by atoms with Crippen LogP contribution in [-0.2, 0) is 4.74 Å². The fourth-order valence-corrected chi connectivity index (χ4v) is 0.490. The first-order chi connectivity index (χ1) is 5.56. The summed E-state index contributed by atoms with van der Waals surface area (Å²) in [6.07, 6.45) is 0. The van der Waals surface area contributed by atoms with E-state index in [1.807, 2.05) is 27.7 Å². The topological polar surface area (TPSA) is 34.0 Å². The Morgan fingerprint density at radius 3 is 2.50 bits per heavy atom. The lowest BCUT2D eigenvalue weighted by Gasteiger charge is -2.06. The van der Waals surface area contributed by atoms with Gasteiger partial charge in [-0.2, -0.15) is 0 Å². The number of hydrogen-bond donors (Lipinski definition) is 0. The van der Waals surface area contributed by atoms with Gasteiger partial charge in [-0.1, -0.05) is 0 Å².